The van der Waals surface area contributed by atoms with Gasteiger partial charge in [0.05, 0.1) is 6.04 Å². The highest BCUT2D eigenvalue weighted by Crippen LogP contribution is 2.30. The first-order valence-electron chi connectivity index (χ1n) is 9.10. The van der Waals surface area contributed by atoms with Crippen LogP contribution in [0.1, 0.15) is 31.4 Å². The minimum atomic E-state index is -0.192. The SMILES string of the molecule is C[C@@H](C(=O)Nc1ncccn1)N1CCC(c2cc3ccccc3[nH]2)CC1. The number of nitrogens with one attached hydrogen (secondary N) is 2. The lowest BCUT2D eigenvalue weighted by Crippen LogP contribution is -2.46. The van der Waals surface area contributed by atoms with Gasteiger partial charge in [0.2, 0.25) is 11.9 Å². The Balaban J connectivity index is 1.36. The van der Waals surface area contributed by atoms with E-state index in [2.05, 4.69) is 55.5 Å². The molecule has 0 unspecified atom stereocenters. The molecule has 0 bridgehead atoms. The first kappa shape index (κ1) is 16.7. The monoisotopic (exact) mass is 349 g/mol. The number of carbonyl (C=O) groups is 1. The van der Waals surface area contributed by atoms with Gasteiger partial charge in [0.25, 0.3) is 0 Å². The maximum Gasteiger partial charge on any atom is 0.243 e. The molecule has 1 fully saturated rings. The van der Waals surface area contributed by atoms with E-state index < -0.39 is 0 Å². The van der Waals surface area contributed by atoms with E-state index in [-0.39, 0.29) is 11.9 Å². The van der Waals surface area contributed by atoms with Gasteiger partial charge >= 0.3 is 0 Å². The van der Waals surface area contributed by atoms with Gasteiger partial charge in [-0.3, -0.25) is 15.0 Å². The van der Waals surface area contributed by atoms with Crippen molar-refractivity contribution in [2.75, 3.05) is 18.4 Å². The Morgan fingerprint density at radius 2 is 1.92 bits per heavy atom. The topological polar surface area (TPSA) is 73.9 Å². The summed E-state index contributed by atoms with van der Waals surface area (Å²) in [5.41, 5.74) is 2.50. The molecule has 1 aliphatic rings. The van der Waals surface area contributed by atoms with Crippen LogP contribution in [0.4, 0.5) is 5.95 Å². The minimum Gasteiger partial charge on any atom is -0.358 e. The van der Waals surface area contributed by atoms with Gasteiger partial charge in [0, 0.05) is 29.5 Å². The Morgan fingerprint density at radius 3 is 2.65 bits per heavy atom. The number of anilines is 1. The fraction of sp³-hybridized carbons (Fsp3) is 0.350. The van der Waals surface area contributed by atoms with E-state index in [1.54, 1.807) is 18.5 Å². The molecule has 1 atom stereocenters. The smallest absolute Gasteiger partial charge is 0.243 e. The second-order valence-corrected chi connectivity index (χ2v) is 6.86. The van der Waals surface area contributed by atoms with Crippen molar-refractivity contribution >= 4 is 22.8 Å². The zero-order valence-electron chi connectivity index (χ0n) is 14.9. The highest BCUT2D eigenvalue weighted by molar-refractivity contribution is 5.93. The molecule has 1 aliphatic heterocycles. The Kier molecular flexibility index (Phi) is 4.67. The Hall–Kier alpha value is -2.73. The fourth-order valence-corrected chi connectivity index (χ4v) is 3.66. The number of para-hydroxylation sites is 1. The summed E-state index contributed by atoms with van der Waals surface area (Å²) in [4.78, 5) is 26.3. The second-order valence-electron chi connectivity index (χ2n) is 6.86. The lowest BCUT2D eigenvalue weighted by molar-refractivity contribution is -0.121. The van der Waals surface area contributed by atoms with Crippen molar-refractivity contribution in [2.45, 2.75) is 31.7 Å². The van der Waals surface area contributed by atoms with Crippen molar-refractivity contribution in [1.82, 2.24) is 19.9 Å². The largest absolute Gasteiger partial charge is 0.358 e. The quantitative estimate of drug-likeness (QED) is 0.759. The molecule has 0 saturated carbocycles. The zero-order valence-corrected chi connectivity index (χ0v) is 14.9. The number of fused-ring (bicyclic) bond motifs is 1. The van der Waals surface area contributed by atoms with Crippen molar-refractivity contribution in [3.63, 3.8) is 0 Å². The first-order valence-corrected chi connectivity index (χ1v) is 9.10. The van der Waals surface area contributed by atoms with E-state index in [1.807, 2.05) is 6.92 Å². The van der Waals surface area contributed by atoms with Crippen molar-refractivity contribution < 1.29 is 4.79 Å². The predicted molar refractivity (Wildman–Crippen MR) is 102 cm³/mol. The third-order valence-corrected chi connectivity index (χ3v) is 5.25. The van der Waals surface area contributed by atoms with Gasteiger partial charge < -0.3 is 4.98 Å². The average molecular weight is 349 g/mol. The van der Waals surface area contributed by atoms with Crippen LogP contribution in [0.5, 0.6) is 0 Å². The number of rotatable bonds is 4. The molecular weight excluding hydrogens is 326 g/mol. The summed E-state index contributed by atoms with van der Waals surface area (Å²) >= 11 is 0. The maximum atomic E-state index is 12.4. The molecule has 1 saturated heterocycles. The molecule has 0 radical (unpaired) electrons. The van der Waals surface area contributed by atoms with Gasteiger partial charge in [-0.15, -0.1) is 0 Å². The number of piperidine rings is 1. The zero-order chi connectivity index (χ0) is 17.9. The summed E-state index contributed by atoms with van der Waals surface area (Å²) in [6.07, 6.45) is 5.34. The van der Waals surface area contributed by atoms with Gasteiger partial charge in [-0.05, 0) is 56.4 Å². The van der Waals surface area contributed by atoms with Gasteiger partial charge in [-0.25, -0.2) is 9.97 Å². The Bertz CT molecular complexity index is 850. The van der Waals surface area contributed by atoms with Crippen LogP contribution in [0.25, 0.3) is 10.9 Å². The molecule has 2 aromatic heterocycles. The number of hydrogen-bond acceptors (Lipinski definition) is 4. The number of hydrogen-bond donors (Lipinski definition) is 2. The molecule has 1 amide bonds. The van der Waals surface area contributed by atoms with Gasteiger partial charge in [-0.1, -0.05) is 18.2 Å². The molecule has 6 nitrogen and oxygen atoms in total. The number of aromatic amines is 1. The Morgan fingerprint density at radius 1 is 1.19 bits per heavy atom. The standard InChI is InChI=1S/C20H23N5O/c1-14(19(26)24-20-21-9-4-10-22-20)25-11-7-15(8-12-25)18-13-16-5-2-3-6-17(16)23-18/h2-6,9-10,13-15,23H,7-8,11-12H2,1H3,(H,21,22,24,26)/t14-/m0/s1. The minimum absolute atomic E-state index is 0.0553. The van der Waals surface area contributed by atoms with Crippen LogP contribution in [0.3, 0.4) is 0 Å². The average Bonchev–Trinajstić information content (AvgIpc) is 3.12. The molecule has 2 N–H and O–H groups in total. The number of aromatic nitrogens is 3. The first-order chi connectivity index (χ1) is 12.7. The summed E-state index contributed by atoms with van der Waals surface area (Å²) < 4.78 is 0. The highest BCUT2D eigenvalue weighted by atomic mass is 16.2. The fourth-order valence-electron chi connectivity index (χ4n) is 3.66. The molecule has 3 heterocycles. The number of nitrogens with zero attached hydrogens (tertiary/aromatic N) is 3. The molecule has 0 aliphatic carbocycles. The van der Waals surface area contributed by atoms with Crippen molar-refractivity contribution in [3.05, 3.63) is 54.5 Å². The third-order valence-electron chi connectivity index (χ3n) is 5.25. The number of H-pyrrole nitrogens is 1. The maximum absolute atomic E-state index is 12.4. The highest BCUT2D eigenvalue weighted by Gasteiger charge is 2.28. The molecular formula is C20H23N5O. The number of amides is 1. The van der Waals surface area contributed by atoms with Crippen LogP contribution in [0.15, 0.2) is 48.8 Å². The summed E-state index contributed by atoms with van der Waals surface area (Å²) in [6, 6.07) is 12.2. The third kappa shape index (κ3) is 3.46. The van der Waals surface area contributed by atoms with Gasteiger partial charge in [-0.2, -0.15) is 0 Å². The molecule has 4 rings (SSSR count). The molecule has 134 valence electrons. The second kappa shape index (κ2) is 7.25. The molecule has 6 heteroatoms. The summed E-state index contributed by atoms with van der Waals surface area (Å²) in [5.74, 6) is 0.823. The summed E-state index contributed by atoms with van der Waals surface area (Å²) in [6.45, 7) is 3.76. The van der Waals surface area contributed by atoms with E-state index in [4.69, 9.17) is 0 Å². The predicted octanol–water partition coefficient (Wildman–Crippen LogP) is 3.16. The van der Waals surface area contributed by atoms with Crippen LogP contribution in [-0.2, 0) is 4.79 Å². The number of carbonyl (C=O) groups excluding carboxylic acids is 1. The molecule has 26 heavy (non-hydrogen) atoms. The van der Waals surface area contributed by atoms with E-state index >= 15 is 0 Å². The lowest BCUT2D eigenvalue weighted by Gasteiger charge is -2.34. The van der Waals surface area contributed by atoms with E-state index in [0.717, 1.165) is 25.9 Å². The van der Waals surface area contributed by atoms with Gasteiger partial charge in [0.15, 0.2) is 0 Å². The van der Waals surface area contributed by atoms with Crippen LogP contribution in [0, 0.1) is 0 Å². The van der Waals surface area contributed by atoms with E-state index in [9.17, 15) is 4.79 Å². The molecule has 0 spiro atoms. The van der Waals surface area contributed by atoms with Crippen molar-refractivity contribution in [2.24, 2.45) is 0 Å². The Labute approximate surface area is 152 Å². The van der Waals surface area contributed by atoms with E-state index in [0.29, 0.717) is 11.9 Å². The summed E-state index contributed by atoms with van der Waals surface area (Å²) in [5, 5.41) is 4.06. The van der Waals surface area contributed by atoms with Crippen LogP contribution in [-0.4, -0.2) is 44.9 Å². The number of benzene rings is 1. The lowest BCUT2D eigenvalue weighted by atomic mass is 9.92. The van der Waals surface area contributed by atoms with Crippen LogP contribution in [0.2, 0.25) is 0 Å². The summed E-state index contributed by atoms with van der Waals surface area (Å²) in [7, 11) is 0. The van der Waals surface area contributed by atoms with E-state index in [1.165, 1.54) is 16.6 Å². The van der Waals surface area contributed by atoms with Gasteiger partial charge in [0.1, 0.15) is 0 Å². The van der Waals surface area contributed by atoms with Crippen LogP contribution < -0.4 is 5.32 Å². The van der Waals surface area contributed by atoms with Crippen molar-refractivity contribution in [1.29, 1.82) is 0 Å². The number of likely N-dealkylation sites (tertiary alicyclic amines) is 1. The molecule has 3 aromatic rings. The normalized spacial score (nSPS) is 17.3. The van der Waals surface area contributed by atoms with Crippen LogP contribution >= 0.6 is 0 Å². The van der Waals surface area contributed by atoms with Crippen molar-refractivity contribution in [3.8, 4) is 0 Å². The molecule has 1 aromatic carbocycles.